The second-order valence-corrected chi connectivity index (χ2v) is 6.94. The molecule has 2 aromatic carbocycles. The highest BCUT2D eigenvalue weighted by atomic mass is 19.1. The molecule has 2 atom stereocenters. The van der Waals surface area contributed by atoms with Crippen LogP contribution in [0.3, 0.4) is 0 Å². The van der Waals surface area contributed by atoms with Gasteiger partial charge in [-0.05, 0) is 36.2 Å². The van der Waals surface area contributed by atoms with Crippen molar-refractivity contribution in [1.82, 2.24) is 15.8 Å². The van der Waals surface area contributed by atoms with Crippen molar-refractivity contribution in [3.63, 3.8) is 0 Å². The van der Waals surface area contributed by atoms with Gasteiger partial charge in [-0.3, -0.25) is 4.79 Å². The quantitative estimate of drug-likeness (QED) is 0.868. The fourth-order valence-electron chi connectivity index (χ4n) is 3.73. The van der Waals surface area contributed by atoms with Crippen LogP contribution >= 0.6 is 0 Å². The first kappa shape index (κ1) is 17.9. The zero-order valence-corrected chi connectivity index (χ0v) is 14.9. The summed E-state index contributed by atoms with van der Waals surface area (Å²) < 4.78 is 27.0. The van der Waals surface area contributed by atoms with Crippen molar-refractivity contribution >= 4 is 11.6 Å². The van der Waals surface area contributed by atoms with Gasteiger partial charge in [0.2, 0.25) is 5.91 Å². The molecule has 2 fully saturated rings. The number of anilines is 1. The summed E-state index contributed by atoms with van der Waals surface area (Å²) in [6.45, 7) is 2.33. The van der Waals surface area contributed by atoms with E-state index in [4.69, 9.17) is 0 Å². The monoisotopic (exact) mass is 372 g/mol. The molecule has 2 aromatic rings. The molecule has 2 aliphatic heterocycles. The number of carbonyl (C=O) groups is 1. The number of carbonyl (C=O) groups excluding carboxylic acids is 1. The Morgan fingerprint density at radius 3 is 2.33 bits per heavy atom. The Bertz CT molecular complexity index is 806. The van der Waals surface area contributed by atoms with E-state index in [-0.39, 0.29) is 29.6 Å². The average Bonchev–Trinajstić information content (AvgIpc) is 3.19. The van der Waals surface area contributed by atoms with Crippen LogP contribution < -0.4 is 15.8 Å². The second kappa shape index (κ2) is 7.62. The molecule has 2 N–H and O–H groups in total. The number of nitrogens with one attached hydrogen (secondary N) is 2. The van der Waals surface area contributed by atoms with Gasteiger partial charge >= 0.3 is 0 Å². The normalized spacial score (nSPS) is 22.9. The third-order valence-electron chi connectivity index (χ3n) is 5.26. The van der Waals surface area contributed by atoms with Crippen LogP contribution in [0.5, 0.6) is 0 Å². The second-order valence-electron chi connectivity index (χ2n) is 6.94. The number of piperazine rings is 1. The summed E-state index contributed by atoms with van der Waals surface area (Å²) in [7, 11) is 0. The SMILES string of the molecule is O=C(C1CC(c2ccc(F)cc2)NN1)N1CCN(c2ccccc2F)CC1. The third-order valence-corrected chi connectivity index (χ3v) is 5.26. The van der Waals surface area contributed by atoms with Crippen molar-refractivity contribution in [2.24, 2.45) is 0 Å². The number of para-hydroxylation sites is 1. The van der Waals surface area contributed by atoms with Crippen LogP contribution in [-0.4, -0.2) is 43.0 Å². The third kappa shape index (κ3) is 3.79. The van der Waals surface area contributed by atoms with Gasteiger partial charge in [0, 0.05) is 32.2 Å². The summed E-state index contributed by atoms with van der Waals surface area (Å²) in [6.07, 6.45) is 0.609. The van der Waals surface area contributed by atoms with Gasteiger partial charge in [0.1, 0.15) is 17.7 Å². The fourth-order valence-corrected chi connectivity index (χ4v) is 3.73. The molecule has 142 valence electrons. The maximum absolute atomic E-state index is 13.9. The molecule has 5 nitrogen and oxygen atoms in total. The van der Waals surface area contributed by atoms with Crippen molar-refractivity contribution in [3.05, 3.63) is 65.7 Å². The van der Waals surface area contributed by atoms with Crippen LogP contribution in [0.4, 0.5) is 14.5 Å². The van der Waals surface area contributed by atoms with E-state index in [9.17, 15) is 13.6 Å². The maximum atomic E-state index is 13.9. The summed E-state index contributed by atoms with van der Waals surface area (Å²) in [5.74, 6) is -0.466. The Kier molecular flexibility index (Phi) is 5.05. The Labute approximate surface area is 156 Å². The first-order valence-electron chi connectivity index (χ1n) is 9.16. The van der Waals surface area contributed by atoms with E-state index in [0.717, 1.165) is 5.56 Å². The topological polar surface area (TPSA) is 47.6 Å². The van der Waals surface area contributed by atoms with Gasteiger partial charge in [0.15, 0.2) is 0 Å². The number of hydrogen-bond donors (Lipinski definition) is 2. The lowest BCUT2D eigenvalue weighted by atomic mass is 10.0. The van der Waals surface area contributed by atoms with Gasteiger partial charge in [0.05, 0.1) is 5.69 Å². The minimum atomic E-state index is -0.319. The molecule has 2 unspecified atom stereocenters. The van der Waals surface area contributed by atoms with Crippen LogP contribution in [0, 0.1) is 11.6 Å². The molecule has 27 heavy (non-hydrogen) atoms. The summed E-state index contributed by atoms with van der Waals surface area (Å²) in [5, 5.41) is 0. The molecule has 2 aliphatic rings. The highest BCUT2D eigenvalue weighted by Crippen LogP contribution is 2.24. The van der Waals surface area contributed by atoms with Gasteiger partial charge in [-0.1, -0.05) is 24.3 Å². The highest BCUT2D eigenvalue weighted by Gasteiger charge is 2.34. The van der Waals surface area contributed by atoms with Gasteiger partial charge in [0.25, 0.3) is 0 Å². The zero-order chi connectivity index (χ0) is 18.8. The Hall–Kier alpha value is -2.51. The summed E-state index contributed by atoms with van der Waals surface area (Å²) in [4.78, 5) is 16.6. The molecular weight excluding hydrogens is 350 g/mol. The molecule has 0 aromatic heterocycles. The summed E-state index contributed by atoms with van der Waals surface area (Å²) >= 11 is 0. The number of rotatable bonds is 3. The molecule has 2 saturated heterocycles. The smallest absolute Gasteiger partial charge is 0.241 e. The standard InChI is InChI=1S/C20H22F2N4O/c21-15-7-5-14(6-8-15)17-13-18(24-23-17)20(27)26-11-9-25(10-12-26)19-4-2-1-3-16(19)22/h1-8,17-18,23-24H,9-13H2. The van der Waals surface area contributed by atoms with Crippen LogP contribution in [0.25, 0.3) is 0 Å². The van der Waals surface area contributed by atoms with Crippen molar-refractivity contribution < 1.29 is 13.6 Å². The van der Waals surface area contributed by atoms with E-state index in [0.29, 0.717) is 38.3 Å². The molecule has 1 amide bonds. The van der Waals surface area contributed by atoms with Crippen molar-refractivity contribution in [1.29, 1.82) is 0 Å². The molecule has 0 bridgehead atoms. The number of halogens is 2. The lowest BCUT2D eigenvalue weighted by Crippen LogP contribution is -2.53. The molecule has 0 spiro atoms. The Morgan fingerprint density at radius 1 is 0.926 bits per heavy atom. The lowest BCUT2D eigenvalue weighted by molar-refractivity contribution is -0.133. The van der Waals surface area contributed by atoms with Crippen molar-refractivity contribution in [2.45, 2.75) is 18.5 Å². The first-order chi connectivity index (χ1) is 13.1. The number of amides is 1. The molecule has 0 radical (unpaired) electrons. The van der Waals surface area contributed by atoms with Gasteiger partial charge in [-0.15, -0.1) is 0 Å². The zero-order valence-electron chi connectivity index (χ0n) is 14.9. The molecule has 7 heteroatoms. The van der Waals surface area contributed by atoms with E-state index < -0.39 is 0 Å². The average molecular weight is 372 g/mol. The Morgan fingerprint density at radius 2 is 1.63 bits per heavy atom. The molecule has 0 saturated carbocycles. The lowest BCUT2D eigenvalue weighted by Gasteiger charge is -2.37. The summed E-state index contributed by atoms with van der Waals surface area (Å²) in [6, 6.07) is 12.7. The predicted octanol–water partition coefficient (Wildman–Crippen LogP) is 2.22. The number of benzene rings is 2. The van der Waals surface area contributed by atoms with Crippen LogP contribution in [0.1, 0.15) is 18.0 Å². The molecular formula is C20H22F2N4O. The van der Waals surface area contributed by atoms with Crippen LogP contribution in [0.15, 0.2) is 48.5 Å². The van der Waals surface area contributed by atoms with E-state index in [1.165, 1.54) is 18.2 Å². The van der Waals surface area contributed by atoms with Crippen LogP contribution in [0.2, 0.25) is 0 Å². The predicted molar refractivity (Wildman–Crippen MR) is 99.0 cm³/mol. The Balaban J connectivity index is 1.33. The number of hydrazine groups is 1. The fraction of sp³-hybridized carbons (Fsp3) is 0.350. The van der Waals surface area contributed by atoms with Gasteiger partial charge in [-0.25, -0.2) is 19.6 Å². The molecule has 2 heterocycles. The molecule has 0 aliphatic carbocycles. The molecule has 4 rings (SSSR count). The van der Waals surface area contributed by atoms with E-state index in [2.05, 4.69) is 10.9 Å². The highest BCUT2D eigenvalue weighted by molar-refractivity contribution is 5.82. The van der Waals surface area contributed by atoms with E-state index in [1.807, 2.05) is 15.9 Å². The van der Waals surface area contributed by atoms with Gasteiger partial charge < -0.3 is 9.80 Å². The van der Waals surface area contributed by atoms with Crippen LogP contribution in [-0.2, 0) is 4.79 Å². The van der Waals surface area contributed by atoms with Crippen molar-refractivity contribution in [3.8, 4) is 0 Å². The first-order valence-corrected chi connectivity index (χ1v) is 9.16. The van der Waals surface area contributed by atoms with E-state index in [1.54, 1.807) is 24.3 Å². The maximum Gasteiger partial charge on any atom is 0.241 e. The summed E-state index contributed by atoms with van der Waals surface area (Å²) in [5.41, 5.74) is 7.72. The largest absolute Gasteiger partial charge is 0.366 e. The number of hydrogen-bond acceptors (Lipinski definition) is 4. The minimum Gasteiger partial charge on any atom is -0.366 e. The minimum absolute atomic E-state index is 0.0285. The van der Waals surface area contributed by atoms with Gasteiger partial charge in [-0.2, -0.15) is 0 Å². The van der Waals surface area contributed by atoms with Crippen molar-refractivity contribution in [2.75, 3.05) is 31.1 Å². The van der Waals surface area contributed by atoms with E-state index >= 15 is 0 Å². The number of nitrogens with zero attached hydrogens (tertiary/aromatic N) is 2.